The summed E-state index contributed by atoms with van der Waals surface area (Å²) in [5.74, 6) is 0.873. The van der Waals surface area contributed by atoms with Gasteiger partial charge in [0.2, 0.25) is 11.2 Å². The van der Waals surface area contributed by atoms with Crippen LogP contribution < -0.4 is 4.74 Å². The first kappa shape index (κ1) is 12.6. The van der Waals surface area contributed by atoms with Crippen LogP contribution in [0.4, 0.5) is 0 Å². The van der Waals surface area contributed by atoms with Gasteiger partial charge in [-0.05, 0) is 36.7 Å². The number of aryl methyl sites for hydroxylation is 1. The number of rotatable bonds is 2. The highest BCUT2D eigenvalue weighted by atomic mass is 79.9. The van der Waals surface area contributed by atoms with Gasteiger partial charge < -0.3 is 4.74 Å². The van der Waals surface area contributed by atoms with Gasteiger partial charge in [-0.1, -0.05) is 27.5 Å². The van der Waals surface area contributed by atoms with Gasteiger partial charge in [0.1, 0.15) is 5.75 Å². The molecule has 2 aromatic rings. The van der Waals surface area contributed by atoms with Crippen LogP contribution in [-0.4, -0.2) is 9.97 Å². The van der Waals surface area contributed by atoms with E-state index >= 15 is 0 Å². The standard InChI is InChI=1S/C11H7BrCl2N2O/c1-6-4-10(16-11(14)15-6)17-9-5-7(12)2-3-8(9)13/h2-5H,1H3. The van der Waals surface area contributed by atoms with Crippen molar-refractivity contribution in [3.05, 3.63) is 44.7 Å². The van der Waals surface area contributed by atoms with E-state index in [2.05, 4.69) is 25.9 Å². The van der Waals surface area contributed by atoms with E-state index in [0.717, 1.165) is 10.2 Å². The normalized spacial score (nSPS) is 10.4. The lowest BCUT2D eigenvalue weighted by Gasteiger charge is -2.07. The first-order valence-corrected chi connectivity index (χ1v) is 6.23. The zero-order valence-electron chi connectivity index (χ0n) is 8.75. The highest BCUT2D eigenvalue weighted by molar-refractivity contribution is 9.10. The molecule has 88 valence electrons. The topological polar surface area (TPSA) is 35.0 Å². The van der Waals surface area contributed by atoms with Crippen molar-refractivity contribution < 1.29 is 4.74 Å². The van der Waals surface area contributed by atoms with Crippen LogP contribution in [0.25, 0.3) is 0 Å². The molecule has 17 heavy (non-hydrogen) atoms. The second-order valence-corrected chi connectivity index (χ2v) is 4.95. The van der Waals surface area contributed by atoms with Gasteiger partial charge in [-0.25, -0.2) is 4.98 Å². The number of hydrogen-bond acceptors (Lipinski definition) is 3. The Morgan fingerprint density at radius 3 is 2.65 bits per heavy atom. The minimum Gasteiger partial charge on any atom is -0.437 e. The van der Waals surface area contributed by atoms with E-state index in [1.165, 1.54) is 0 Å². The Kier molecular flexibility index (Phi) is 3.86. The Balaban J connectivity index is 2.34. The van der Waals surface area contributed by atoms with E-state index in [0.29, 0.717) is 16.7 Å². The van der Waals surface area contributed by atoms with Crippen molar-refractivity contribution in [3.8, 4) is 11.6 Å². The van der Waals surface area contributed by atoms with Gasteiger partial charge in [0, 0.05) is 16.2 Å². The van der Waals surface area contributed by atoms with Crippen molar-refractivity contribution in [1.29, 1.82) is 0 Å². The maximum absolute atomic E-state index is 6.00. The fourth-order valence-electron chi connectivity index (χ4n) is 1.23. The summed E-state index contributed by atoms with van der Waals surface area (Å²) in [6.45, 7) is 1.81. The van der Waals surface area contributed by atoms with E-state index in [1.807, 2.05) is 13.0 Å². The monoisotopic (exact) mass is 332 g/mol. The second kappa shape index (κ2) is 5.21. The maximum atomic E-state index is 6.00. The van der Waals surface area contributed by atoms with E-state index in [-0.39, 0.29) is 5.28 Å². The molecule has 0 atom stereocenters. The molecule has 1 heterocycles. The van der Waals surface area contributed by atoms with Gasteiger partial charge in [-0.3, -0.25) is 0 Å². The average Bonchev–Trinajstić information content (AvgIpc) is 2.22. The molecule has 0 N–H and O–H groups in total. The van der Waals surface area contributed by atoms with Crippen molar-refractivity contribution in [2.45, 2.75) is 6.92 Å². The Bertz CT molecular complexity index is 543. The Hall–Kier alpha value is -0.840. The van der Waals surface area contributed by atoms with Crippen molar-refractivity contribution in [3.63, 3.8) is 0 Å². The molecule has 0 saturated carbocycles. The van der Waals surface area contributed by atoms with Crippen LogP contribution in [0, 0.1) is 6.92 Å². The van der Waals surface area contributed by atoms with Crippen LogP contribution in [0.5, 0.6) is 11.6 Å². The van der Waals surface area contributed by atoms with Crippen molar-refractivity contribution in [2.75, 3.05) is 0 Å². The molecule has 6 heteroatoms. The smallest absolute Gasteiger partial charge is 0.225 e. The van der Waals surface area contributed by atoms with Gasteiger partial charge in [0.15, 0.2) is 0 Å². The molecular weight excluding hydrogens is 327 g/mol. The number of benzene rings is 1. The number of nitrogens with zero attached hydrogens (tertiary/aromatic N) is 2. The summed E-state index contributed by atoms with van der Waals surface area (Å²) in [6.07, 6.45) is 0. The molecule has 0 amide bonds. The summed E-state index contributed by atoms with van der Waals surface area (Å²) >= 11 is 15.1. The summed E-state index contributed by atoms with van der Waals surface area (Å²) in [7, 11) is 0. The lowest BCUT2D eigenvalue weighted by molar-refractivity contribution is 0.461. The summed E-state index contributed by atoms with van der Waals surface area (Å²) < 4.78 is 6.42. The highest BCUT2D eigenvalue weighted by Gasteiger charge is 2.07. The van der Waals surface area contributed by atoms with Gasteiger partial charge in [-0.2, -0.15) is 4.98 Å². The first-order chi connectivity index (χ1) is 8.04. The van der Waals surface area contributed by atoms with Gasteiger partial charge in [0.25, 0.3) is 0 Å². The summed E-state index contributed by atoms with van der Waals surface area (Å²) in [6, 6.07) is 7.00. The van der Waals surface area contributed by atoms with Crippen molar-refractivity contribution in [1.82, 2.24) is 9.97 Å². The van der Waals surface area contributed by atoms with Gasteiger partial charge >= 0.3 is 0 Å². The Morgan fingerprint density at radius 2 is 1.94 bits per heavy atom. The molecule has 3 nitrogen and oxygen atoms in total. The molecule has 0 fully saturated rings. The van der Waals surface area contributed by atoms with Crippen LogP contribution in [-0.2, 0) is 0 Å². The molecule has 0 spiro atoms. The largest absolute Gasteiger partial charge is 0.437 e. The lowest BCUT2D eigenvalue weighted by atomic mass is 10.3. The summed E-state index contributed by atoms with van der Waals surface area (Å²) in [4.78, 5) is 7.91. The van der Waals surface area contributed by atoms with E-state index in [1.54, 1.807) is 18.2 Å². The predicted octanol–water partition coefficient (Wildman–Crippen LogP) is 4.65. The third-order valence-electron chi connectivity index (χ3n) is 1.91. The quantitative estimate of drug-likeness (QED) is 0.750. The summed E-state index contributed by atoms with van der Waals surface area (Å²) in [5.41, 5.74) is 0.728. The van der Waals surface area contributed by atoms with E-state index < -0.39 is 0 Å². The maximum Gasteiger partial charge on any atom is 0.225 e. The molecule has 0 radical (unpaired) electrons. The SMILES string of the molecule is Cc1cc(Oc2cc(Br)ccc2Cl)nc(Cl)n1. The number of hydrogen-bond donors (Lipinski definition) is 0. The molecule has 0 bridgehead atoms. The van der Waals surface area contributed by atoms with Crippen LogP contribution in [0.3, 0.4) is 0 Å². The zero-order valence-corrected chi connectivity index (χ0v) is 11.8. The van der Waals surface area contributed by atoms with Crippen LogP contribution in [0.2, 0.25) is 10.3 Å². The predicted molar refractivity (Wildman–Crippen MR) is 71.0 cm³/mol. The van der Waals surface area contributed by atoms with Gasteiger partial charge in [-0.15, -0.1) is 0 Å². The van der Waals surface area contributed by atoms with Crippen molar-refractivity contribution in [2.24, 2.45) is 0 Å². The van der Waals surface area contributed by atoms with E-state index in [4.69, 9.17) is 27.9 Å². The van der Waals surface area contributed by atoms with Crippen LogP contribution in [0.15, 0.2) is 28.7 Å². The molecule has 0 aliphatic carbocycles. The highest BCUT2D eigenvalue weighted by Crippen LogP contribution is 2.31. The third kappa shape index (κ3) is 3.31. The number of halogens is 3. The number of ether oxygens (including phenoxy) is 1. The fraction of sp³-hybridized carbons (Fsp3) is 0.0909. The molecular formula is C11H7BrCl2N2O. The second-order valence-electron chi connectivity index (χ2n) is 3.29. The molecule has 0 saturated heterocycles. The zero-order chi connectivity index (χ0) is 12.4. The average molecular weight is 334 g/mol. The molecule has 0 unspecified atom stereocenters. The molecule has 2 rings (SSSR count). The van der Waals surface area contributed by atoms with Crippen LogP contribution >= 0.6 is 39.1 Å². The first-order valence-electron chi connectivity index (χ1n) is 4.69. The third-order valence-corrected chi connectivity index (χ3v) is 2.89. The lowest BCUT2D eigenvalue weighted by Crippen LogP contribution is -1.93. The summed E-state index contributed by atoms with van der Waals surface area (Å²) in [5, 5.41) is 0.645. The Morgan fingerprint density at radius 1 is 1.18 bits per heavy atom. The molecule has 0 aliphatic heterocycles. The minimum absolute atomic E-state index is 0.145. The van der Waals surface area contributed by atoms with E-state index in [9.17, 15) is 0 Å². The fourth-order valence-corrected chi connectivity index (χ4v) is 1.94. The molecule has 0 aliphatic rings. The minimum atomic E-state index is 0.145. The Labute approximate surface area is 117 Å². The number of aromatic nitrogens is 2. The molecule has 1 aromatic heterocycles. The molecule has 1 aromatic carbocycles. The van der Waals surface area contributed by atoms with Crippen molar-refractivity contribution >= 4 is 39.1 Å². The van der Waals surface area contributed by atoms with Crippen LogP contribution in [0.1, 0.15) is 5.69 Å². The van der Waals surface area contributed by atoms with Gasteiger partial charge in [0.05, 0.1) is 5.02 Å².